The van der Waals surface area contributed by atoms with Crippen molar-refractivity contribution in [1.82, 2.24) is 4.90 Å². The number of carbonyl (C=O) groups is 2. The molecule has 100 valence electrons. The molecular weight excluding hydrogens is 238 g/mol. The standard InChI is InChI=1S/C12H17NO5/c1-12(2,11(15)16)13(3)10(14)9-6-5-8(18-9)7-17-4/h5-6H,7H2,1-4H3,(H,15,16). The van der Waals surface area contributed by atoms with Gasteiger partial charge in [-0.3, -0.25) is 4.79 Å². The smallest absolute Gasteiger partial charge is 0.329 e. The zero-order valence-corrected chi connectivity index (χ0v) is 10.9. The van der Waals surface area contributed by atoms with Gasteiger partial charge >= 0.3 is 5.97 Å². The Morgan fingerprint density at radius 1 is 1.44 bits per heavy atom. The molecule has 0 radical (unpaired) electrons. The first-order valence-electron chi connectivity index (χ1n) is 5.40. The van der Waals surface area contributed by atoms with Crippen LogP contribution in [-0.4, -0.2) is 41.6 Å². The second-order valence-electron chi connectivity index (χ2n) is 4.43. The third-order valence-corrected chi connectivity index (χ3v) is 2.83. The maximum Gasteiger partial charge on any atom is 0.329 e. The zero-order valence-electron chi connectivity index (χ0n) is 10.9. The number of rotatable bonds is 5. The number of ether oxygens (including phenoxy) is 1. The van der Waals surface area contributed by atoms with E-state index in [9.17, 15) is 9.59 Å². The lowest BCUT2D eigenvalue weighted by Gasteiger charge is -2.30. The van der Waals surface area contributed by atoms with E-state index >= 15 is 0 Å². The molecule has 1 aromatic heterocycles. The van der Waals surface area contributed by atoms with Crippen molar-refractivity contribution in [3.05, 3.63) is 23.7 Å². The van der Waals surface area contributed by atoms with Crippen molar-refractivity contribution in [3.8, 4) is 0 Å². The Labute approximate surface area is 105 Å². The topological polar surface area (TPSA) is 80.0 Å². The van der Waals surface area contributed by atoms with Crippen LogP contribution in [0.2, 0.25) is 0 Å². The molecule has 0 saturated heterocycles. The number of likely N-dealkylation sites (N-methyl/N-ethyl adjacent to an activating group) is 1. The van der Waals surface area contributed by atoms with Crippen molar-refractivity contribution < 1.29 is 23.8 Å². The number of hydrogen-bond acceptors (Lipinski definition) is 4. The van der Waals surface area contributed by atoms with Gasteiger partial charge in [0.2, 0.25) is 0 Å². The maximum absolute atomic E-state index is 12.0. The van der Waals surface area contributed by atoms with Crippen LogP contribution in [0.15, 0.2) is 16.5 Å². The van der Waals surface area contributed by atoms with Gasteiger partial charge in [-0.2, -0.15) is 0 Å². The van der Waals surface area contributed by atoms with E-state index in [1.165, 1.54) is 34.1 Å². The van der Waals surface area contributed by atoms with E-state index in [4.69, 9.17) is 14.3 Å². The van der Waals surface area contributed by atoms with E-state index in [0.717, 1.165) is 4.90 Å². The first-order chi connectivity index (χ1) is 8.30. The molecule has 0 aromatic carbocycles. The van der Waals surface area contributed by atoms with E-state index in [0.29, 0.717) is 5.76 Å². The highest BCUT2D eigenvalue weighted by atomic mass is 16.5. The van der Waals surface area contributed by atoms with Crippen LogP contribution in [0.4, 0.5) is 0 Å². The van der Waals surface area contributed by atoms with Gasteiger partial charge in [0.1, 0.15) is 17.9 Å². The van der Waals surface area contributed by atoms with Crippen LogP contribution in [0, 0.1) is 0 Å². The fraction of sp³-hybridized carbons (Fsp3) is 0.500. The predicted octanol–water partition coefficient (Wildman–Crippen LogP) is 1.36. The quantitative estimate of drug-likeness (QED) is 0.859. The molecule has 1 amide bonds. The molecular formula is C12H17NO5. The van der Waals surface area contributed by atoms with Crippen LogP contribution < -0.4 is 0 Å². The van der Waals surface area contributed by atoms with E-state index in [2.05, 4.69) is 0 Å². The largest absolute Gasteiger partial charge is 0.480 e. The van der Waals surface area contributed by atoms with Crippen LogP contribution in [0.3, 0.4) is 0 Å². The maximum atomic E-state index is 12.0. The fourth-order valence-electron chi connectivity index (χ4n) is 1.28. The highest BCUT2D eigenvalue weighted by molar-refractivity contribution is 5.95. The summed E-state index contributed by atoms with van der Waals surface area (Å²) in [4.78, 5) is 24.2. The van der Waals surface area contributed by atoms with E-state index in [1.807, 2.05) is 0 Å². The molecule has 0 spiro atoms. The Morgan fingerprint density at radius 3 is 2.56 bits per heavy atom. The van der Waals surface area contributed by atoms with E-state index in [-0.39, 0.29) is 12.4 Å². The fourth-order valence-corrected chi connectivity index (χ4v) is 1.28. The van der Waals surface area contributed by atoms with Crippen molar-refractivity contribution in [2.75, 3.05) is 14.2 Å². The minimum atomic E-state index is -1.30. The summed E-state index contributed by atoms with van der Waals surface area (Å²) in [5.41, 5.74) is -1.30. The lowest BCUT2D eigenvalue weighted by Crippen LogP contribution is -2.50. The van der Waals surface area contributed by atoms with Gasteiger partial charge in [-0.05, 0) is 26.0 Å². The Morgan fingerprint density at radius 2 is 2.06 bits per heavy atom. The number of nitrogens with zero attached hydrogens (tertiary/aromatic N) is 1. The van der Waals surface area contributed by atoms with Gasteiger partial charge in [0.05, 0.1) is 0 Å². The Balaban J connectivity index is 2.89. The summed E-state index contributed by atoms with van der Waals surface area (Å²) in [6.07, 6.45) is 0. The Bertz CT molecular complexity index is 449. The molecule has 1 N–H and O–H groups in total. The number of carboxylic acids is 1. The Hall–Kier alpha value is -1.82. The molecule has 0 aliphatic heterocycles. The summed E-state index contributed by atoms with van der Waals surface area (Å²) in [5, 5.41) is 9.05. The van der Waals surface area contributed by atoms with Gasteiger partial charge in [0.25, 0.3) is 5.91 Å². The third-order valence-electron chi connectivity index (χ3n) is 2.83. The SMILES string of the molecule is COCc1ccc(C(=O)N(C)C(C)(C)C(=O)O)o1. The van der Waals surface area contributed by atoms with Gasteiger partial charge < -0.3 is 19.2 Å². The summed E-state index contributed by atoms with van der Waals surface area (Å²) in [7, 11) is 2.94. The van der Waals surface area contributed by atoms with Crippen molar-refractivity contribution in [3.63, 3.8) is 0 Å². The molecule has 0 aliphatic carbocycles. The second-order valence-corrected chi connectivity index (χ2v) is 4.43. The van der Waals surface area contributed by atoms with Gasteiger partial charge in [-0.1, -0.05) is 0 Å². The lowest BCUT2D eigenvalue weighted by atomic mass is 10.0. The summed E-state index contributed by atoms with van der Waals surface area (Å²) in [5.74, 6) is -0.951. The number of aliphatic carboxylic acids is 1. The monoisotopic (exact) mass is 255 g/mol. The minimum Gasteiger partial charge on any atom is -0.480 e. The van der Waals surface area contributed by atoms with Gasteiger partial charge in [-0.15, -0.1) is 0 Å². The normalized spacial score (nSPS) is 11.3. The summed E-state index contributed by atoms with van der Waals surface area (Å²) < 4.78 is 10.1. The predicted molar refractivity (Wildman–Crippen MR) is 63.2 cm³/mol. The molecule has 6 heteroatoms. The number of carbonyl (C=O) groups excluding carboxylic acids is 1. The highest BCUT2D eigenvalue weighted by Crippen LogP contribution is 2.18. The van der Waals surface area contributed by atoms with Crippen molar-refractivity contribution in [2.24, 2.45) is 0 Å². The van der Waals surface area contributed by atoms with Crippen LogP contribution in [-0.2, 0) is 16.1 Å². The lowest BCUT2D eigenvalue weighted by molar-refractivity contribution is -0.147. The number of carboxylic acid groups (broad SMARTS) is 1. The van der Waals surface area contributed by atoms with Crippen LogP contribution in [0.5, 0.6) is 0 Å². The first kappa shape index (κ1) is 14.2. The molecule has 1 heterocycles. The first-order valence-corrected chi connectivity index (χ1v) is 5.40. The molecule has 1 rings (SSSR count). The molecule has 0 atom stereocenters. The van der Waals surface area contributed by atoms with E-state index in [1.54, 1.807) is 6.07 Å². The number of furan rings is 1. The average molecular weight is 255 g/mol. The zero-order chi connectivity index (χ0) is 13.9. The van der Waals surface area contributed by atoms with Gasteiger partial charge in [0, 0.05) is 14.2 Å². The van der Waals surface area contributed by atoms with Crippen LogP contribution in [0.1, 0.15) is 30.2 Å². The third kappa shape index (κ3) is 2.70. The summed E-state index contributed by atoms with van der Waals surface area (Å²) >= 11 is 0. The van der Waals surface area contributed by atoms with Crippen molar-refractivity contribution in [1.29, 1.82) is 0 Å². The van der Waals surface area contributed by atoms with E-state index < -0.39 is 17.4 Å². The van der Waals surface area contributed by atoms with Gasteiger partial charge in [0.15, 0.2) is 5.76 Å². The molecule has 6 nitrogen and oxygen atoms in total. The summed E-state index contributed by atoms with van der Waals surface area (Å²) in [6, 6.07) is 3.13. The van der Waals surface area contributed by atoms with Gasteiger partial charge in [-0.25, -0.2) is 4.79 Å². The number of amides is 1. The highest BCUT2D eigenvalue weighted by Gasteiger charge is 2.36. The molecule has 0 fully saturated rings. The molecule has 0 unspecified atom stereocenters. The van der Waals surface area contributed by atoms with Crippen LogP contribution >= 0.6 is 0 Å². The molecule has 0 saturated carbocycles. The molecule has 0 bridgehead atoms. The average Bonchev–Trinajstić information content (AvgIpc) is 2.76. The molecule has 1 aromatic rings. The second kappa shape index (κ2) is 5.22. The summed E-state index contributed by atoms with van der Waals surface area (Å²) in [6.45, 7) is 3.16. The number of hydrogen-bond donors (Lipinski definition) is 1. The Kier molecular flexibility index (Phi) is 4.13. The van der Waals surface area contributed by atoms with Crippen molar-refractivity contribution >= 4 is 11.9 Å². The molecule has 18 heavy (non-hydrogen) atoms. The van der Waals surface area contributed by atoms with Crippen LogP contribution in [0.25, 0.3) is 0 Å². The number of methoxy groups -OCH3 is 1. The van der Waals surface area contributed by atoms with Crippen molar-refractivity contribution in [2.45, 2.75) is 26.0 Å². The molecule has 0 aliphatic rings. The minimum absolute atomic E-state index is 0.0962.